The van der Waals surface area contributed by atoms with E-state index in [0.717, 1.165) is 21.7 Å². The highest BCUT2D eigenvalue weighted by atomic mass is 32.1. The van der Waals surface area contributed by atoms with Gasteiger partial charge in [-0.05, 0) is 19.1 Å². The van der Waals surface area contributed by atoms with E-state index in [0.29, 0.717) is 5.56 Å². The van der Waals surface area contributed by atoms with Gasteiger partial charge >= 0.3 is 0 Å². The van der Waals surface area contributed by atoms with E-state index in [1.54, 1.807) is 23.7 Å². The second-order valence-electron chi connectivity index (χ2n) is 6.62. The van der Waals surface area contributed by atoms with Crippen LogP contribution in [-0.2, 0) is 5.41 Å². The van der Waals surface area contributed by atoms with Gasteiger partial charge in [0.15, 0.2) is 0 Å². The number of carbonyl (C=O) groups is 1. The predicted molar refractivity (Wildman–Crippen MR) is 92.8 cm³/mol. The molecule has 120 valence electrons. The first-order valence-electron chi connectivity index (χ1n) is 7.55. The third kappa shape index (κ3) is 3.12. The maximum atomic E-state index is 12.5. The molecule has 3 aromatic rings. The van der Waals surface area contributed by atoms with Gasteiger partial charge in [0.05, 0.1) is 17.3 Å². The summed E-state index contributed by atoms with van der Waals surface area (Å²) < 4.78 is 0. The average Bonchev–Trinajstić information content (AvgIpc) is 3.14. The van der Waals surface area contributed by atoms with E-state index in [-0.39, 0.29) is 17.4 Å². The number of nitrogens with one attached hydrogen (secondary N) is 2. The maximum absolute atomic E-state index is 12.5. The standard InChI is InChI=1S/C17H20N4OS/c1-10(16-21-13(9-23-16)17(2,3)4)20-15(22)12-8-19-14-11(12)6-5-7-18-14/h5-10H,1-4H3,(H,18,19)(H,20,22)/t10-/m0/s1. The van der Waals surface area contributed by atoms with Crippen LogP contribution < -0.4 is 5.32 Å². The summed E-state index contributed by atoms with van der Waals surface area (Å²) in [5, 5.41) is 6.82. The molecule has 0 aliphatic heterocycles. The second-order valence-corrected chi connectivity index (χ2v) is 7.51. The highest BCUT2D eigenvalue weighted by Crippen LogP contribution is 2.27. The molecule has 0 spiro atoms. The molecule has 0 fully saturated rings. The lowest BCUT2D eigenvalue weighted by Crippen LogP contribution is -2.26. The molecule has 6 heteroatoms. The first-order valence-corrected chi connectivity index (χ1v) is 8.43. The average molecular weight is 328 g/mol. The summed E-state index contributed by atoms with van der Waals surface area (Å²) >= 11 is 1.58. The lowest BCUT2D eigenvalue weighted by Gasteiger charge is -2.15. The minimum atomic E-state index is -0.134. The van der Waals surface area contributed by atoms with Crippen molar-refractivity contribution in [1.82, 2.24) is 20.3 Å². The van der Waals surface area contributed by atoms with Crippen molar-refractivity contribution in [3.05, 3.63) is 46.2 Å². The number of hydrogen-bond donors (Lipinski definition) is 2. The fourth-order valence-electron chi connectivity index (χ4n) is 2.31. The van der Waals surface area contributed by atoms with Crippen LogP contribution in [0.1, 0.15) is 54.8 Å². The molecule has 23 heavy (non-hydrogen) atoms. The smallest absolute Gasteiger partial charge is 0.254 e. The van der Waals surface area contributed by atoms with Crippen LogP contribution in [0.2, 0.25) is 0 Å². The molecule has 2 N–H and O–H groups in total. The van der Waals surface area contributed by atoms with E-state index in [4.69, 9.17) is 0 Å². The molecule has 0 aliphatic rings. The Morgan fingerprint density at radius 3 is 2.87 bits per heavy atom. The van der Waals surface area contributed by atoms with Gasteiger partial charge in [-0.15, -0.1) is 11.3 Å². The minimum absolute atomic E-state index is 0.0149. The van der Waals surface area contributed by atoms with E-state index in [9.17, 15) is 4.79 Å². The largest absolute Gasteiger partial charge is 0.345 e. The molecule has 0 aliphatic carbocycles. The van der Waals surface area contributed by atoms with Crippen molar-refractivity contribution in [3.63, 3.8) is 0 Å². The molecule has 0 saturated heterocycles. The first-order chi connectivity index (χ1) is 10.9. The molecule has 0 radical (unpaired) electrons. The van der Waals surface area contributed by atoms with E-state index < -0.39 is 0 Å². The zero-order valence-electron chi connectivity index (χ0n) is 13.7. The number of pyridine rings is 1. The van der Waals surface area contributed by atoms with Crippen LogP contribution in [-0.4, -0.2) is 20.9 Å². The highest BCUT2D eigenvalue weighted by molar-refractivity contribution is 7.09. The highest BCUT2D eigenvalue weighted by Gasteiger charge is 2.21. The molecule has 1 amide bonds. The Bertz CT molecular complexity index is 844. The number of hydrogen-bond acceptors (Lipinski definition) is 4. The fraction of sp³-hybridized carbons (Fsp3) is 0.353. The first kappa shape index (κ1) is 15.7. The number of fused-ring (bicyclic) bond motifs is 1. The van der Waals surface area contributed by atoms with Crippen LogP contribution in [0.5, 0.6) is 0 Å². The number of nitrogens with zero attached hydrogens (tertiary/aromatic N) is 2. The molecule has 1 atom stereocenters. The second kappa shape index (κ2) is 5.77. The van der Waals surface area contributed by atoms with Crippen molar-refractivity contribution < 1.29 is 4.79 Å². The summed E-state index contributed by atoms with van der Waals surface area (Å²) in [5.41, 5.74) is 2.39. The third-order valence-corrected chi connectivity index (χ3v) is 4.73. The van der Waals surface area contributed by atoms with Gasteiger partial charge in [-0.2, -0.15) is 0 Å². The van der Waals surface area contributed by atoms with Gasteiger partial charge in [-0.25, -0.2) is 9.97 Å². The van der Waals surface area contributed by atoms with Crippen molar-refractivity contribution in [2.75, 3.05) is 0 Å². The molecule has 0 saturated carbocycles. The van der Waals surface area contributed by atoms with Crippen molar-refractivity contribution in [2.45, 2.75) is 39.2 Å². The number of aromatic nitrogens is 3. The minimum Gasteiger partial charge on any atom is -0.345 e. The number of thiazole rings is 1. The van der Waals surface area contributed by atoms with Crippen molar-refractivity contribution in [3.8, 4) is 0 Å². The van der Waals surface area contributed by atoms with E-state index in [2.05, 4.69) is 46.4 Å². The molecule has 3 heterocycles. The van der Waals surface area contributed by atoms with Gasteiger partial charge in [-0.3, -0.25) is 4.79 Å². The summed E-state index contributed by atoms with van der Waals surface area (Å²) in [7, 11) is 0. The van der Waals surface area contributed by atoms with Gasteiger partial charge < -0.3 is 10.3 Å². The Kier molecular flexibility index (Phi) is 3.93. The summed E-state index contributed by atoms with van der Waals surface area (Å²) in [6, 6.07) is 3.58. The van der Waals surface area contributed by atoms with Crippen LogP contribution in [0, 0.1) is 0 Å². The quantitative estimate of drug-likeness (QED) is 0.768. The molecule has 0 unspecified atom stereocenters. The molecular formula is C17H20N4OS. The molecule has 5 nitrogen and oxygen atoms in total. The van der Waals surface area contributed by atoms with Gasteiger partial charge in [0.2, 0.25) is 0 Å². The fourth-order valence-corrected chi connectivity index (χ4v) is 3.36. The maximum Gasteiger partial charge on any atom is 0.254 e. The van der Waals surface area contributed by atoms with Gasteiger partial charge in [0.25, 0.3) is 5.91 Å². The van der Waals surface area contributed by atoms with E-state index >= 15 is 0 Å². The van der Waals surface area contributed by atoms with E-state index in [1.165, 1.54) is 0 Å². The summed E-state index contributed by atoms with van der Waals surface area (Å²) in [6.07, 6.45) is 3.40. The van der Waals surface area contributed by atoms with Gasteiger partial charge in [0, 0.05) is 28.6 Å². The van der Waals surface area contributed by atoms with Gasteiger partial charge in [0.1, 0.15) is 10.7 Å². The Morgan fingerprint density at radius 2 is 2.17 bits per heavy atom. The summed E-state index contributed by atoms with van der Waals surface area (Å²) in [6.45, 7) is 8.35. The molecule has 3 aromatic heterocycles. The molecule has 0 aromatic carbocycles. The van der Waals surface area contributed by atoms with Crippen molar-refractivity contribution in [1.29, 1.82) is 0 Å². The Balaban J connectivity index is 1.78. The van der Waals surface area contributed by atoms with Crippen LogP contribution in [0.15, 0.2) is 29.9 Å². The van der Waals surface area contributed by atoms with Crippen LogP contribution >= 0.6 is 11.3 Å². The zero-order chi connectivity index (χ0) is 16.6. The predicted octanol–water partition coefficient (Wildman–Crippen LogP) is 3.81. The Morgan fingerprint density at radius 1 is 1.39 bits per heavy atom. The lowest BCUT2D eigenvalue weighted by atomic mass is 9.93. The van der Waals surface area contributed by atoms with Gasteiger partial charge in [-0.1, -0.05) is 20.8 Å². The summed E-state index contributed by atoms with van der Waals surface area (Å²) in [4.78, 5) is 24.4. The zero-order valence-corrected chi connectivity index (χ0v) is 14.5. The van der Waals surface area contributed by atoms with Crippen LogP contribution in [0.4, 0.5) is 0 Å². The topological polar surface area (TPSA) is 70.7 Å². The molecule has 0 bridgehead atoms. The molecule has 3 rings (SSSR count). The monoisotopic (exact) mass is 328 g/mol. The van der Waals surface area contributed by atoms with E-state index in [1.807, 2.05) is 19.1 Å². The Hall–Kier alpha value is -2.21. The number of amides is 1. The van der Waals surface area contributed by atoms with Crippen LogP contribution in [0.25, 0.3) is 11.0 Å². The summed E-state index contributed by atoms with van der Waals surface area (Å²) in [5.74, 6) is -0.121. The van der Waals surface area contributed by atoms with Crippen molar-refractivity contribution >= 4 is 28.3 Å². The number of H-pyrrole nitrogens is 1. The van der Waals surface area contributed by atoms with Crippen molar-refractivity contribution in [2.24, 2.45) is 0 Å². The third-order valence-electron chi connectivity index (χ3n) is 3.70. The molecular weight excluding hydrogens is 308 g/mol. The number of rotatable bonds is 3. The normalized spacial score (nSPS) is 13.2. The number of carbonyl (C=O) groups excluding carboxylic acids is 1. The SMILES string of the molecule is C[C@H](NC(=O)c1c[nH]c2ncccc12)c1nc(C(C)(C)C)cs1. The Labute approximate surface area is 139 Å². The number of aromatic amines is 1. The van der Waals surface area contributed by atoms with Crippen LogP contribution in [0.3, 0.4) is 0 Å². The lowest BCUT2D eigenvalue weighted by molar-refractivity contribution is 0.0941.